The molecule has 0 atom stereocenters. The Morgan fingerprint density at radius 3 is 2.77 bits per heavy atom. The third-order valence-corrected chi connectivity index (χ3v) is 5.42. The van der Waals surface area contributed by atoms with Crippen LogP contribution in [-0.4, -0.2) is 27.0 Å². The summed E-state index contributed by atoms with van der Waals surface area (Å²) < 4.78 is 6.80. The maximum Gasteiger partial charge on any atom is 0.329 e. The Balaban J connectivity index is 1.48. The number of benzene rings is 1. The highest BCUT2D eigenvalue weighted by Crippen LogP contribution is 2.27. The third kappa shape index (κ3) is 4.42. The van der Waals surface area contributed by atoms with Gasteiger partial charge in [-0.2, -0.15) is 0 Å². The normalized spacial score (nSPS) is 14.5. The minimum atomic E-state index is -0.636. The molecule has 3 aromatic rings. The van der Waals surface area contributed by atoms with Crippen LogP contribution < -0.4 is 21.3 Å². The molecule has 1 saturated carbocycles. The number of hydrogen-bond acceptors (Lipinski definition) is 5. The van der Waals surface area contributed by atoms with Crippen molar-refractivity contribution in [1.29, 1.82) is 0 Å². The second-order valence-electron chi connectivity index (χ2n) is 7.58. The van der Waals surface area contributed by atoms with Crippen molar-refractivity contribution in [3.63, 3.8) is 0 Å². The van der Waals surface area contributed by atoms with Crippen LogP contribution in [0.2, 0.25) is 0 Å². The molecule has 8 nitrogen and oxygen atoms in total. The van der Waals surface area contributed by atoms with Crippen LogP contribution in [0.1, 0.15) is 32.1 Å². The molecule has 1 aromatic carbocycles. The molecule has 1 aliphatic rings. The first-order valence-electron chi connectivity index (χ1n) is 10.2. The zero-order valence-corrected chi connectivity index (χ0v) is 16.6. The Kier molecular flexibility index (Phi) is 5.92. The number of para-hydroxylation sites is 1. The SMILES string of the molecule is O=C(Cn1c(=O)[nH]c2ccccc2c1=O)Nc1ncccc1OCC1CCCCC1. The number of nitrogens with zero attached hydrogens (tertiary/aromatic N) is 2. The molecule has 2 aromatic heterocycles. The number of carbonyl (C=O) groups excluding carboxylic acids is 1. The Bertz CT molecular complexity index is 1160. The van der Waals surface area contributed by atoms with Gasteiger partial charge in [0.05, 0.1) is 17.5 Å². The minimum Gasteiger partial charge on any atom is -0.489 e. The fourth-order valence-electron chi connectivity index (χ4n) is 3.82. The molecule has 0 saturated heterocycles. The van der Waals surface area contributed by atoms with Crippen LogP contribution >= 0.6 is 0 Å². The molecular formula is C22H24N4O4. The summed E-state index contributed by atoms with van der Waals surface area (Å²) in [4.78, 5) is 44.3. The van der Waals surface area contributed by atoms with E-state index in [1.807, 2.05) is 0 Å². The van der Waals surface area contributed by atoms with Crippen LogP contribution in [0, 0.1) is 5.92 Å². The number of ether oxygens (including phenoxy) is 1. The van der Waals surface area contributed by atoms with Crippen molar-refractivity contribution in [2.75, 3.05) is 11.9 Å². The maximum atomic E-state index is 12.6. The molecule has 2 N–H and O–H groups in total. The first kappa shape index (κ1) is 19.9. The lowest BCUT2D eigenvalue weighted by molar-refractivity contribution is -0.116. The monoisotopic (exact) mass is 408 g/mol. The van der Waals surface area contributed by atoms with E-state index < -0.39 is 23.7 Å². The number of H-pyrrole nitrogens is 1. The molecule has 1 amide bonds. The van der Waals surface area contributed by atoms with E-state index in [0.29, 0.717) is 29.2 Å². The number of pyridine rings is 1. The molecule has 1 fully saturated rings. The van der Waals surface area contributed by atoms with Gasteiger partial charge >= 0.3 is 5.69 Å². The van der Waals surface area contributed by atoms with Gasteiger partial charge in [0.2, 0.25) is 5.91 Å². The van der Waals surface area contributed by atoms with Gasteiger partial charge in [-0.15, -0.1) is 0 Å². The van der Waals surface area contributed by atoms with Gasteiger partial charge in [0, 0.05) is 6.20 Å². The predicted octanol–water partition coefficient (Wildman–Crippen LogP) is 2.68. The third-order valence-electron chi connectivity index (χ3n) is 5.42. The first-order valence-corrected chi connectivity index (χ1v) is 10.2. The lowest BCUT2D eigenvalue weighted by atomic mass is 9.90. The first-order chi connectivity index (χ1) is 14.6. The minimum absolute atomic E-state index is 0.281. The molecule has 8 heteroatoms. The molecular weight excluding hydrogens is 384 g/mol. The molecule has 0 unspecified atom stereocenters. The van der Waals surface area contributed by atoms with Gasteiger partial charge in [0.25, 0.3) is 5.56 Å². The fourth-order valence-corrected chi connectivity index (χ4v) is 3.82. The van der Waals surface area contributed by atoms with Gasteiger partial charge in [0.15, 0.2) is 11.6 Å². The van der Waals surface area contributed by atoms with Gasteiger partial charge in [-0.05, 0) is 43.0 Å². The van der Waals surface area contributed by atoms with Gasteiger partial charge in [-0.3, -0.25) is 14.2 Å². The summed E-state index contributed by atoms with van der Waals surface area (Å²) in [5.74, 6) is 0.746. The fraction of sp³-hybridized carbons (Fsp3) is 0.364. The van der Waals surface area contributed by atoms with Crippen molar-refractivity contribution in [2.24, 2.45) is 5.92 Å². The van der Waals surface area contributed by atoms with Crippen molar-refractivity contribution >= 4 is 22.6 Å². The quantitative estimate of drug-likeness (QED) is 0.652. The smallest absolute Gasteiger partial charge is 0.329 e. The number of fused-ring (bicyclic) bond motifs is 1. The highest BCUT2D eigenvalue weighted by Gasteiger charge is 2.17. The van der Waals surface area contributed by atoms with E-state index >= 15 is 0 Å². The standard InChI is InChI=1S/C22H24N4O4/c27-19(13-26-21(28)16-9-4-5-10-17(16)24-22(26)29)25-20-18(11-6-12-23-20)30-14-15-7-2-1-3-8-15/h4-6,9-12,15H,1-3,7-8,13-14H2,(H,24,29)(H,23,25,27). The zero-order chi connectivity index (χ0) is 20.9. The number of anilines is 1. The molecule has 2 heterocycles. The Morgan fingerprint density at radius 2 is 1.93 bits per heavy atom. The number of hydrogen-bond donors (Lipinski definition) is 2. The van der Waals surface area contributed by atoms with Crippen molar-refractivity contribution in [1.82, 2.24) is 14.5 Å². The van der Waals surface area contributed by atoms with Crippen molar-refractivity contribution in [2.45, 2.75) is 38.6 Å². The van der Waals surface area contributed by atoms with Crippen molar-refractivity contribution < 1.29 is 9.53 Å². The average Bonchev–Trinajstić information content (AvgIpc) is 2.77. The van der Waals surface area contributed by atoms with Gasteiger partial charge in [0.1, 0.15) is 6.54 Å². The zero-order valence-electron chi connectivity index (χ0n) is 16.6. The van der Waals surface area contributed by atoms with Crippen LogP contribution in [0.25, 0.3) is 10.9 Å². The van der Waals surface area contributed by atoms with E-state index in [0.717, 1.165) is 17.4 Å². The summed E-state index contributed by atoms with van der Waals surface area (Å²) in [5, 5.41) is 3.01. The molecule has 0 bridgehead atoms. The molecule has 156 valence electrons. The molecule has 0 aliphatic heterocycles. The highest BCUT2D eigenvalue weighted by atomic mass is 16.5. The van der Waals surface area contributed by atoms with Crippen LogP contribution in [-0.2, 0) is 11.3 Å². The second-order valence-corrected chi connectivity index (χ2v) is 7.58. The average molecular weight is 408 g/mol. The summed E-state index contributed by atoms with van der Waals surface area (Å²) in [6.45, 7) is 0.163. The van der Waals surface area contributed by atoms with Gasteiger partial charge in [-0.25, -0.2) is 9.78 Å². The largest absolute Gasteiger partial charge is 0.489 e. The number of aromatic nitrogens is 3. The summed E-state index contributed by atoms with van der Waals surface area (Å²) in [6, 6.07) is 10.2. The summed E-state index contributed by atoms with van der Waals surface area (Å²) >= 11 is 0. The van der Waals surface area contributed by atoms with E-state index in [4.69, 9.17) is 4.74 Å². The van der Waals surface area contributed by atoms with Crippen LogP contribution in [0.4, 0.5) is 5.82 Å². The number of rotatable bonds is 6. The predicted molar refractivity (Wildman–Crippen MR) is 114 cm³/mol. The Labute approximate surface area is 172 Å². The summed E-state index contributed by atoms with van der Waals surface area (Å²) in [6.07, 6.45) is 7.57. The van der Waals surface area contributed by atoms with Crippen molar-refractivity contribution in [3.8, 4) is 5.75 Å². The number of amides is 1. The molecule has 4 rings (SSSR count). The Hall–Kier alpha value is -3.42. The van der Waals surface area contributed by atoms with Crippen molar-refractivity contribution in [3.05, 3.63) is 63.4 Å². The van der Waals surface area contributed by atoms with Gasteiger partial charge in [-0.1, -0.05) is 31.4 Å². The van der Waals surface area contributed by atoms with Crippen LogP contribution in [0.15, 0.2) is 52.2 Å². The van der Waals surface area contributed by atoms with Crippen LogP contribution in [0.5, 0.6) is 5.75 Å². The lowest BCUT2D eigenvalue weighted by Crippen LogP contribution is -2.38. The van der Waals surface area contributed by atoms with Crippen LogP contribution in [0.3, 0.4) is 0 Å². The van der Waals surface area contributed by atoms with E-state index in [1.165, 1.54) is 19.3 Å². The highest BCUT2D eigenvalue weighted by molar-refractivity contribution is 5.91. The Morgan fingerprint density at radius 1 is 1.13 bits per heavy atom. The number of carbonyl (C=O) groups is 1. The topological polar surface area (TPSA) is 106 Å². The van der Waals surface area contributed by atoms with Gasteiger partial charge < -0.3 is 15.0 Å². The van der Waals surface area contributed by atoms with E-state index in [9.17, 15) is 14.4 Å². The van der Waals surface area contributed by atoms with E-state index in [1.54, 1.807) is 42.6 Å². The molecule has 0 radical (unpaired) electrons. The van der Waals surface area contributed by atoms with E-state index in [2.05, 4.69) is 15.3 Å². The second kappa shape index (κ2) is 8.94. The summed E-state index contributed by atoms with van der Waals surface area (Å²) in [5.41, 5.74) is -0.713. The maximum absolute atomic E-state index is 12.6. The van der Waals surface area contributed by atoms with E-state index in [-0.39, 0.29) is 5.82 Å². The molecule has 0 spiro atoms. The molecule has 30 heavy (non-hydrogen) atoms. The molecule has 1 aliphatic carbocycles. The lowest BCUT2D eigenvalue weighted by Gasteiger charge is -2.22. The number of nitrogens with one attached hydrogen (secondary N) is 2. The summed E-state index contributed by atoms with van der Waals surface area (Å²) in [7, 11) is 0. The number of aromatic amines is 1.